The smallest absolute Gasteiger partial charge is 0.354 e. The number of H-pyrrole nitrogens is 2. The second kappa shape index (κ2) is 23.5. The molecule has 24 bridgehead atoms. The van der Waals surface area contributed by atoms with E-state index < -0.39 is 5.91 Å². The number of nitrogens with zero attached hydrogens (tertiary/aromatic N) is 6. The minimum absolute atomic E-state index is 0.0485. The van der Waals surface area contributed by atoms with E-state index in [1.807, 2.05) is 0 Å². The Hall–Kier alpha value is -8.88. The van der Waals surface area contributed by atoms with Gasteiger partial charge in [0.2, 0.25) is 22.8 Å². The lowest BCUT2D eigenvalue weighted by atomic mass is 9.49. The average molecular weight is 1820 g/mol. The summed E-state index contributed by atoms with van der Waals surface area (Å²) in [7, 11) is 0. The van der Waals surface area contributed by atoms with Gasteiger partial charge in [-0.1, -0.05) is 209 Å². The molecule has 8 nitrogen and oxygen atoms in total. The second-order valence-corrected chi connectivity index (χ2v) is 54.4. The van der Waals surface area contributed by atoms with Gasteiger partial charge in [0.05, 0.1) is 50.4 Å². The highest BCUT2D eigenvalue weighted by Gasteiger charge is 2.82. The van der Waals surface area contributed by atoms with Crippen molar-refractivity contribution in [2.45, 2.75) is 429 Å². The van der Waals surface area contributed by atoms with Crippen molar-refractivity contribution in [2.75, 3.05) is 0 Å². The van der Waals surface area contributed by atoms with E-state index in [1.54, 1.807) is 179 Å². The van der Waals surface area contributed by atoms with Crippen LogP contribution in [0, 0.1) is 71.0 Å². The molecular formula is C129H154N8+2. The van der Waals surface area contributed by atoms with Gasteiger partial charge in [-0.3, -0.25) is 0 Å². The largest absolute Gasteiger partial charge is 0.553 e. The van der Waals surface area contributed by atoms with Crippen molar-refractivity contribution in [1.82, 2.24) is 29.1 Å². The van der Waals surface area contributed by atoms with Crippen LogP contribution in [0.5, 0.6) is 0 Å². The molecule has 17 unspecified atom stereocenters. The Kier molecular flexibility index (Phi) is 14.8. The third-order valence-corrected chi connectivity index (χ3v) is 51.1. The van der Waals surface area contributed by atoms with E-state index in [0.717, 1.165) is 51.4 Å². The maximum Gasteiger partial charge on any atom is 0.553 e. The number of aryl methyl sites for hydroxylation is 4. The van der Waals surface area contributed by atoms with Gasteiger partial charge in [-0.05, 0) is 364 Å². The molecule has 0 aromatic carbocycles. The number of nitrogens with one attached hydrogen (secondary N) is 2. The van der Waals surface area contributed by atoms with Gasteiger partial charge in [-0.2, -0.15) is 9.13 Å². The molecule has 37 rings (SSSR count). The van der Waals surface area contributed by atoms with E-state index >= 15 is 0 Å². The summed E-state index contributed by atoms with van der Waals surface area (Å²) in [5.74, 6) is -0.740. The maximum atomic E-state index is 6.20. The molecule has 5 aromatic rings. The lowest BCUT2D eigenvalue weighted by Gasteiger charge is -2.53. The van der Waals surface area contributed by atoms with Crippen LogP contribution in [0.2, 0.25) is 0 Å². The van der Waals surface area contributed by atoms with Crippen molar-refractivity contribution in [3.8, 4) is 0 Å². The highest BCUT2D eigenvalue weighted by molar-refractivity contribution is 6.28. The van der Waals surface area contributed by atoms with Crippen LogP contribution < -0.4 is 10.7 Å². The number of fused-ring (bicyclic) bond motifs is 16. The molecule has 24 aliphatic carbocycles. The molecule has 137 heavy (non-hydrogen) atoms. The molecule has 32 aliphatic rings. The highest BCUT2D eigenvalue weighted by atomic mass is 15.6. The molecule has 8 heteroatoms. The average Bonchev–Trinajstić information content (AvgIpc) is 1.42. The Morgan fingerprint density at radius 1 is 0.204 bits per heavy atom. The van der Waals surface area contributed by atoms with Crippen LogP contribution in [-0.2, 0) is 49.2 Å². The predicted molar refractivity (Wildman–Crippen MR) is 567 cm³/mol. The lowest BCUT2D eigenvalue weighted by Crippen LogP contribution is -2.71. The predicted octanol–water partition coefficient (Wildman–Crippen LogP) is 30.3. The minimum Gasteiger partial charge on any atom is -0.354 e. The Labute approximate surface area is 817 Å². The topological polar surface area (TPSA) is 73.2 Å². The van der Waals surface area contributed by atoms with Gasteiger partial charge < -0.3 is 9.97 Å². The molecule has 8 aliphatic heterocycles. The van der Waals surface area contributed by atoms with Crippen molar-refractivity contribution < 1.29 is 9.15 Å². The van der Waals surface area contributed by atoms with Crippen molar-refractivity contribution in [3.63, 3.8) is 0 Å². The first-order chi connectivity index (χ1) is 63.8. The van der Waals surface area contributed by atoms with E-state index in [-0.39, 0.29) is 86.6 Å². The summed E-state index contributed by atoms with van der Waals surface area (Å²) in [5, 5.41) is 3.10. The van der Waals surface area contributed by atoms with Gasteiger partial charge in [-0.15, -0.1) is 0 Å². The van der Waals surface area contributed by atoms with Crippen LogP contribution in [0.3, 0.4) is 0 Å². The standard InChI is InChI=1S/C65H76N4.C64H78N4/c1-29-49-41-43(59(15)23-21-57(41,13)33(5)35(59)7)51-30(2)53-45-47(63(19)27-25-61(45,17)37(9)39(63)11)55-32(4)56-48-46(62(18)26-28-64(48,20)40(12)38(62)10)54-31(3)52-44-42(58(14)22-24-60(44,16)36(8)34(58)6)50(29)67(52)65(66(49)51,68(53)55)69(54)56;1-29-49-41-43(59(15)23-21-57(41,13)33(5)35(59)7)51(65-49)30(2)53-45-47(63(19)27-25-61(45,17)37(9)39(63)11)55(67-53)32(4)56-48-46(62(18)26-28-64(48,20)40(12)38(62)10)54(68-56)31(3)52-44-42(50(29)66-52)58(14)22-24-60(44,16)36(8)34(58)6/h21-28H2,1-20H3;65,68H,21-28H2,1-20H3/q+2;. The summed E-state index contributed by atoms with van der Waals surface area (Å²) in [5.41, 5.74) is 80.6. The summed E-state index contributed by atoms with van der Waals surface area (Å²) >= 11 is 0. The monoisotopic (exact) mass is 1820 g/mol. The molecule has 2 N–H and O–H groups in total. The molecule has 0 fully saturated rings. The quantitative estimate of drug-likeness (QED) is 0.120. The van der Waals surface area contributed by atoms with Gasteiger partial charge >= 0.3 is 5.91 Å². The van der Waals surface area contributed by atoms with Gasteiger partial charge in [-0.25, -0.2) is 9.97 Å². The molecule has 17 atom stereocenters. The van der Waals surface area contributed by atoms with E-state index in [2.05, 4.69) is 305 Å². The molecule has 1 spiro atoms. The molecule has 708 valence electrons. The molecular weight excluding hydrogens is 1660 g/mol. The van der Waals surface area contributed by atoms with Gasteiger partial charge in [0, 0.05) is 142 Å². The number of rotatable bonds is 0. The first-order valence-electron chi connectivity index (χ1n) is 54.2. The first kappa shape index (κ1) is 86.0. The fraction of sp³-hybridized carbons (Fsp3) is 0.566. The Morgan fingerprint density at radius 3 is 0.672 bits per heavy atom. The Bertz CT molecular complexity index is 7790. The number of hydrogen-bond acceptors (Lipinski definition) is 2. The van der Waals surface area contributed by atoms with Crippen LogP contribution in [0.15, 0.2) is 128 Å². The van der Waals surface area contributed by atoms with Crippen LogP contribution in [0.25, 0.3) is 61.1 Å². The van der Waals surface area contributed by atoms with Crippen molar-refractivity contribution in [3.05, 3.63) is 240 Å². The lowest BCUT2D eigenvalue weighted by molar-refractivity contribution is -0.838. The van der Waals surface area contributed by atoms with Gasteiger partial charge in [0.1, 0.15) is 0 Å². The van der Waals surface area contributed by atoms with Crippen LogP contribution >= 0.6 is 0 Å². The Balaban J connectivity index is 0.000000135. The summed E-state index contributed by atoms with van der Waals surface area (Å²) in [6.45, 7) is 102. The molecule has 13 heterocycles. The number of aromatic amines is 2. The molecule has 0 saturated carbocycles. The van der Waals surface area contributed by atoms with Crippen molar-refractivity contribution in [2.24, 2.45) is 43.3 Å². The SMILES string of the molecule is CC1=C(C)C2(C)CCC1(C)C1=C2c2nc1c(C)c1[nH]c(c(C)c3nc(c(C)c4[nH]c(c2C)c2c4C4(C)CCC2(C)C(C)=C4C)C2=C3C3(C)CCC2(C)C(C)=C3C)c2c1C1(C)CCC2(C)C(C)=C1C.CC1=C2C3=C(C4=[N+]2C25n6c(c7c(c6C(C)=c6c8c(c(n62)=C4C)C2(C)CCC8(C)C(C)=C2C)C2(C)CCC7(C)C(C)=C2C)C(C)=C2C4=C(C1=[N+]25)C1(C)CCC4(C)C(C)=C1C)C1(C)CCC3(C)C(C)=C1C. The summed E-state index contributed by atoms with van der Waals surface area (Å²) in [6, 6.07) is 0. The molecule has 0 radical (unpaired) electrons. The zero-order valence-electron chi connectivity index (χ0n) is 91.5. The van der Waals surface area contributed by atoms with Crippen molar-refractivity contribution in [1.29, 1.82) is 0 Å². The number of hydrogen-bond donors (Lipinski definition) is 2. The normalized spacial score (nSPS) is 40.1. The summed E-state index contributed by atoms with van der Waals surface area (Å²) in [4.78, 5) is 21.3. The third-order valence-electron chi connectivity index (χ3n) is 51.1. The summed E-state index contributed by atoms with van der Waals surface area (Å²) < 4.78 is 12.5. The second-order valence-electron chi connectivity index (χ2n) is 54.4. The highest BCUT2D eigenvalue weighted by Crippen LogP contribution is 2.79. The van der Waals surface area contributed by atoms with Crippen LogP contribution in [0.4, 0.5) is 0 Å². The maximum absolute atomic E-state index is 6.20. The molecule has 0 amide bonds. The van der Waals surface area contributed by atoms with Crippen LogP contribution in [0.1, 0.15) is 453 Å². The van der Waals surface area contributed by atoms with Gasteiger partial charge in [0.25, 0.3) is 0 Å². The third kappa shape index (κ3) is 7.86. The number of allylic oxidation sites excluding steroid dienone is 26. The minimum atomic E-state index is -0.740. The fourth-order valence-corrected chi connectivity index (χ4v) is 39.3. The van der Waals surface area contributed by atoms with E-state index in [1.165, 1.54) is 185 Å². The Morgan fingerprint density at radius 2 is 0.401 bits per heavy atom. The van der Waals surface area contributed by atoms with Crippen LogP contribution in [-0.4, -0.2) is 49.6 Å². The molecule has 0 saturated heterocycles. The number of aromatic nitrogens is 6. The zero-order valence-corrected chi connectivity index (χ0v) is 91.5. The van der Waals surface area contributed by atoms with E-state index in [9.17, 15) is 0 Å². The first-order valence-corrected chi connectivity index (χ1v) is 54.2. The van der Waals surface area contributed by atoms with E-state index in [0.29, 0.717) is 0 Å². The van der Waals surface area contributed by atoms with E-state index in [4.69, 9.17) is 9.97 Å². The molecule has 5 aromatic heterocycles. The van der Waals surface area contributed by atoms with Gasteiger partial charge in [0.15, 0.2) is 0 Å². The fourth-order valence-electron chi connectivity index (χ4n) is 39.3. The van der Waals surface area contributed by atoms with Crippen molar-refractivity contribution >= 4 is 72.5 Å². The summed E-state index contributed by atoms with van der Waals surface area (Å²) in [6.07, 6.45) is 18.9. The zero-order chi connectivity index (χ0) is 97.3.